The fourth-order valence-electron chi connectivity index (χ4n) is 3.41. The van der Waals surface area contributed by atoms with Crippen molar-refractivity contribution in [2.45, 2.75) is 13.3 Å². The number of fused-ring (bicyclic) bond motifs is 1. The van der Waals surface area contributed by atoms with Crippen molar-refractivity contribution in [2.24, 2.45) is 0 Å². The normalized spacial score (nSPS) is 12.9. The van der Waals surface area contributed by atoms with E-state index in [1.54, 1.807) is 0 Å². The molecule has 0 fully saturated rings. The van der Waals surface area contributed by atoms with E-state index in [-0.39, 0.29) is 0 Å². The molecule has 0 nitrogen and oxygen atoms in total. The van der Waals surface area contributed by atoms with Gasteiger partial charge in [-0.3, -0.25) is 0 Å². The van der Waals surface area contributed by atoms with Gasteiger partial charge in [0.25, 0.3) is 0 Å². The van der Waals surface area contributed by atoms with Crippen LogP contribution in [0.25, 0.3) is 28.3 Å². The number of halogens is 1. The summed E-state index contributed by atoms with van der Waals surface area (Å²) in [7, 11) is 0. The van der Waals surface area contributed by atoms with Gasteiger partial charge in [-0.2, -0.15) is 0 Å². The maximum Gasteiger partial charge on any atom is 0.00470 e. The van der Waals surface area contributed by atoms with Crippen LogP contribution in [0.3, 0.4) is 0 Å². The first-order valence-corrected chi connectivity index (χ1v) is 8.67. The molecular weight excluding hydrogens is 344 g/mol. The second-order valence-corrected chi connectivity index (χ2v) is 7.03. The summed E-state index contributed by atoms with van der Waals surface area (Å²) in [6.45, 7) is 2.21. The van der Waals surface area contributed by atoms with Crippen molar-refractivity contribution >= 4 is 22.0 Å². The Hall–Kier alpha value is -2.12. The van der Waals surface area contributed by atoms with E-state index in [0.717, 1.165) is 6.42 Å². The van der Waals surface area contributed by atoms with Crippen LogP contribution in [0.2, 0.25) is 0 Å². The van der Waals surface area contributed by atoms with Gasteiger partial charge in [0.05, 0.1) is 0 Å². The number of allylic oxidation sites excluding steroid dienone is 1. The van der Waals surface area contributed by atoms with Crippen molar-refractivity contribution in [2.75, 3.05) is 0 Å². The molecule has 1 aliphatic rings. The first kappa shape index (κ1) is 14.5. The Morgan fingerprint density at radius 3 is 2.26 bits per heavy atom. The Balaban J connectivity index is 2.00. The van der Waals surface area contributed by atoms with Gasteiger partial charge in [-0.1, -0.05) is 82.7 Å². The van der Waals surface area contributed by atoms with Gasteiger partial charge < -0.3 is 0 Å². The lowest BCUT2D eigenvalue weighted by molar-refractivity contribution is 1.28. The van der Waals surface area contributed by atoms with Crippen LogP contribution in [0.5, 0.6) is 0 Å². The van der Waals surface area contributed by atoms with E-state index in [0.29, 0.717) is 0 Å². The molecular formula is C22H17Br. The van der Waals surface area contributed by atoms with Crippen LogP contribution in [0.4, 0.5) is 0 Å². The van der Waals surface area contributed by atoms with Gasteiger partial charge in [0.2, 0.25) is 0 Å². The zero-order valence-electron chi connectivity index (χ0n) is 13.0. The van der Waals surface area contributed by atoms with Gasteiger partial charge in [0, 0.05) is 10.9 Å². The van der Waals surface area contributed by atoms with Crippen molar-refractivity contribution in [3.05, 3.63) is 87.9 Å². The van der Waals surface area contributed by atoms with E-state index in [1.165, 1.54) is 43.4 Å². The molecule has 3 aromatic rings. The highest BCUT2D eigenvalue weighted by molar-refractivity contribution is 9.11. The molecule has 0 heterocycles. The van der Waals surface area contributed by atoms with Crippen molar-refractivity contribution in [1.29, 1.82) is 0 Å². The fraction of sp³-hybridized carbons (Fsp3) is 0.0909. The highest BCUT2D eigenvalue weighted by Gasteiger charge is 2.19. The average Bonchev–Trinajstić information content (AvgIpc) is 2.96. The molecule has 0 spiro atoms. The summed E-state index contributed by atoms with van der Waals surface area (Å²) >= 11 is 3.67. The maximum absolute atomic E-state index is 3.67. The lowest BCUT2D eigenvalue weighted by Crippen LogP contribution is -1.93. The number of hydrogen-bond acceptors (Lipinski definition) is 0. The number of hydrogen-bond donors (Lipinski definition) is 0. The molecule has 1 heteroatoms. The third-order valence-electron chi connectivity index (χ3n) is 4.49. The molecule has 0 atom stereocenters. The second-order valence-electron chi connectivity index (χ2n) is 6.01. The second kappa shape index (κ2) is 5.82. The summed E-state index contributed by atoms with van der Waals surface area (Å²) in [5, 5.41) is 0. The Kier molecular flexibility index (Phi) is 3.66. The summed E-state index contributed by atoms with van der Waals surface area (Å²) in [6.07, 6.45) is 3.27. The minimum Gasteiger partial charge on any atom is -0.0622 e. The van der Waals surface area contributed by atoms with Crippen LogP contribution >= 0.6 is 15.9 Å². The first-order valence-electron chi connectivity index (χ1n) is 7.87. The van der Waals surface area contributed by atoms with E-state index in [9.17, 15) is 0 Å². The topological polar surface area (TPSA) is 0 Å². The minimum absolute atomic E-state index is 0.996. The predicted octanol–water partition coefficient (Wildman–Crippen LogP) is 6.62. The Bertz CT molecular complexity index is 905. The van der Waals surface area contributed by atoms with E-state index >= 15 is 0 Å². The van der Waals surface area contributed by atoms with Gasteiger partial charge >= 0.3 is 0 Å². The lowest BCUT2D eigenvalue weighted by atomic mass is 9.88. The zero-order valence-corrected chi connectivity index (χ0v) is 14.6. The molecule has 0 radical (unpaired) electrons. The SMILES string of the molecule is Cc1ccc2c(c1-c1ccccc1-c1ccccc1)C=C(Br)C2. The number of aryl methyl sites for hydroxylation is 1. The molecule has 0 bridgehead atoms. The molecule has 112 valence electrons. The van der Waals surface area contributed by atoms with Crippen LogP contribution in [0.15, 0.2) is 71.2 Å². The summed E-state index contributed by atoms with van der Waals surface area (Å²) in [6, 6.07) is 23.9. The van der Waals surface area contributed by atoms with Gasteiger partial charge in [-0.25, -0.2) is 0 Å². The third kappa shape index (κ3) is 2.55. The molecule has 1 aliphatic carbocycles. The molecule has 3 aromatic carbocycles. The van der Waals surface area contributed by atoms with Crippen molar-refractivity contribution in [1.82, 2.24) is 0 Å². The molecule has 0 saturated heterocycles. The van der Waals surface area contributed by atoms with Crippen LogP contribution in [0.1, 0.15) is 16.7 Å². The number of rotatable bonds is 2. The van der Waals surface area contributed by atoms with Crippen molar-refractivity contribution in [3.63, 3.8) is 0 Å². The van der Waals surface area contributed by atoms with E-state index in [2.05, 4.69) is 95.7 Å². The largest absolute Gasteiger partial charge is 0.0622 e. The Morgan fingerprint density at radius 1 is 0.783 bits per heavy atom. The third-order valence-corrected chi connectivity index (χ3v) is 4.99. The van der Waals surface area contributed by atoms with E-state index in [4.69, 9.17) is 0 Å². The molecule has 4 rings (SSSR count). The molecule has 0 saturated carbocycles. The van der Waals surface area contributed by atoms with E-state index in [1.807, 2.05) is 0 Å². The Morgan fingerprint density at radius 2 is 1.48 bits per heavy atom. The lowest BCUT2D eigenvalue weighted by Gasteiger charge is -2.16. The summed E-state index contributed by atoms with van der Waals surface area (Å²) in [5.74, 6) is 0. The molecule has 0 N–H and O–H groups in total. The maximum atomic E-state index is 3.67. The van der Waals surface area contributed by atoms with Gasteiger partial charge in [-0.05, 0) is 51.9 Å². The van der Waals surface area contributed by atoms with Crippen LogP contribution in [0, 0.1) is 6.92 Å². The number of benzene rings is 3. The first-order chi connectivity index (χ1) is 11.2. The highest BCUT2D eigenvalue weighted by Crippen LogP contribution is 2.41. The fourth-order valence-corrected chi connectivity index (χ4v) is 3.94. The minimum atomic E-state index is 0.996. The Labute approximate surface area is 145 Å². The van der Waals surface area contributed by atoms with Crippen molar-refractivity contribution < 1.29 is 0 Å². The van der Waals surface area contributed by atoms with E-state index < -0.39 is 0 Å². The summed E-state index contributed by atoms with van der Waals surface area (Å²) in [4.78, 5) is 0. The average molecular weight is 361 g/mol. The molecule has 23 heavy (non-hydrogen) atoms. The predicted molar refractivity (Wildman–Crippen MR) is 103 cm³/mol. The monoisotopic (exact) mass is 360 g/mol. The van der Waals surface area contributed by atoms with Crippen LogP contribution in [-0.2, 0) is 6.42 Å². The summed E-state index contributed by atoms with van der Waals surface area (Å²) in [5.41, 5.74) is 9.32. The zero-order chi connectivity index (χ0) is 15.8. The molecule has 0 aromatic heterocycles. The quantitative estimate of drug-likeness (QED) is 0.481. The van der Waals surface area contributed by atoms with Crippen molar-refractivity contribution in [3.8, 4) is 22.3 Å². The summed E-state index contributed by atoms with van der Waals surface area (Å²) < 4.78 is 1.26. The highest BCUT2D eigenvalue weighted by atomic mass is 79.9. The molecule has 0 aliphatic heterocycles. The van der Waals surface area contributed by atoms with Crippen LogP contribution in [-0.4, -0.2) is 0 Å². The van der Waals surface area contributed by atoms with Gasteiger partial charge in [0.15, 0.2) is 0 Å². The molecule has 0 unspecified atom stereocenters. The van der Waals surface area contributed by atoms with Gasteiger partial charge in [-0.15, -0.1) is 0 Å². The standard InChI is InChI=1S/C22H17Br/c1-15-11-12-17-13-18(23)14-21(17)22(15)20-10-6-5-9-19(20)16-7-3-2-4-8-16/h2-12,14H,13H2,1H3. The smallest absolute Gasteiger partial charge is 0.00470 e. The van der Waals surface area contributed by atoms with Crippen LogP contribution < -0.4 is 0 Å². The van der Waals surface area contributed by atoms with Gasteiger partial charge in [0.1, 0.15) is 0 Å². The molecule has 0 amide bonds.